The molecule has 0 saturated carbocycles. The predicted molar refractivity (Wildman–Crippen MR) is 83.4 cm³/mol. The van der Waals surface area contributed by atoms with Crippen LogP contribution in [0.2, 0.25) is 0 Å². The second-order valence-corrected chi connectivity index (χ2v) is 5.40. The SMILES string of the molecule is COc1ccc(COCCNC(=O)N2CCC(C(=O)O)C2)cc1. The smallest absolute Gasteiger partial charge is 0.317 e. The van der Waals surface area contributed by atoms with Gasteiger partial charge in [0.2, 0.25) is 0 Å². The maximum atomic E-state index is 11.9. The molecular formula is C16H22N2O5. The number of amides is 2. The lowest BCUT2D eigenvalue weighted by molar-refractivity contribution is -0.141. The number of ether oxygens (including phenoxy) is 2. The minimum absolute atomic E-state index is 0.234. The van der Waals surface area contributed by atoms with Crippen molar-refractivity contribution in [3.63, 3.8) is 0 Å². The first-order valence-electron chi connectivity index (χ1n) is 7.56. The maximum absolute atomic E-state index is 11.9. The number of methoxy groups -OCH3 is 1. The van der Waals surface area contributed by atoms with E-state index >= 15 is 0 Å². The van der Waals surface area contributed by atoms with Crippen molar-refractivity contribution in [3.8, 4) is 5.75 Å². The standard InChI is InChI=1S/C16H22N2O5/c1-22-14-4-2-12(3-5-14)11-23-9-7-17-16(21)18-8-6-13(10-18)15(19)20/h2-5,13H,6-11H2,1H3,(H,17,21)(H,19,20). The summed E-state index contributed by atoms with van der Waals surface area (Å²) in [6.45, 7) is 2.01. The zero-order valence-corrected chi connectivity index (χ0v) is 13.2. The molecule has 1 aromatic carbocycles. The quantitative estimate of drug-likeness (QED) is 0.739. The Balaban J connectivity index is 1.60. The average molecular weight is 322 g/mol. The molecule has 23 heavy (non-hydrogen) atoms. The third kappa shape index (κ3) is 5.14. The van der Waals surface area contributed by atoms with Crippen LogP contribution in [-0.2, 0) is 16.1 Å². The lowest BCUT2D eigenvalue weighted by atomic mass is 10.1. The van der Waals surface area contributed by atoms with E-state index in [1.54, 1.807) is 7.11 Å². The monoisotopic (exact) mass is 322 g/mol. The number of hydrogen-bond acceptors (Lipinski definition) is 4. The number of nitrogens with zero attached hydrogens (tertiary/aromatic N) is 1. The van der Waals surface area contributed by atoms with Gasteiger partial charge in [0.05, 0.1) is 26.2 Å². The Bertz CT molecular complexity index is 532. The van der Waals surface area contributed by atoms with E-state index in [2.05, 4.69) is 5.32 Å². The number of hydrogen-bond donors (Lipinski definition) is 2. The second-order valence-electron chi connectivity index (χ2n) is 5.40. The van der Waals surface area contributed by atoms with E-state index in [1.165, 1.54) is 4.90 Å². The minimum atomic E-state index is -0.844. The normalized spacial score (nSPS) is 17.1. The number of urea groups is 1. The van der Waals surface area contributed by atoms with Crippen LogP contribution in [0.5, 0.6) is 5.75 Å². The number of carboxylic acid groups (broad SMARTS) is 1. The highest BCUT2D eigenvalue weighted by atomic mass is 16.5. The molecule has 1 aliphatic heterocycles. The Morgan fingerprint density at radius 2 is 2.09 bits per heavy atom. The van der Waals surface area contributed by atoms with Gasteiger partial charge >= 0.3 is 12.0 Å². The molecule has 2 amide bonds. The number of benzene rings is 1. The highest BCUT2D eigenvalue weighted by Gasteiger charge is 2.30. The van der Waals surface area contributed by atoms with Gasteiger partial charge in [0.15, 0.2) is 0 Å². The van der Waals surface area contributed by atoms with Gasteiger partial charge in [-0.05, 0) is 24.1 Å². The Kier molecular flexibility index (Phi) is 6.22. The van der Waals surface area contributed by atoms with Crippen LogP contribution in [0.3, 0.4) is 0 Å². The van der Waals surface area contributed by atoms with Crippen LogP contribution in [0, 0.1) is 5.92 Å². The molecule has 0 bridgehead atoms. The first-order chi connectivity index (χ1) is 11.1. The Morgan fingerprint density at radius 3 is 2.70 bits per heavy atom. The fraction of sp³-hybridized carbons (Fsp3) is 0.500. The van der Waals surface area contributed by atoms with E-state index in [0.717, 1.165) is 11.3 Å². The van der Waals surface area contributed by atoms with Gasteiger partial charge in [-0.15, -0.1) is 0 Å². The topological polar surface area (TPSA) is 88.1 Å². The largest absolute Gasteiger partial charge is 0.497 e. The summed E-state index contributed by atoms with van der Waals surface area (Å²) < 4.78 is 10.6. The third-order valence-electron chi connectivity index (χ3n) is 3.78. The van der Waals surface area contributed by atoms with Gasteiger partial charge in [-0.3, -0.25) is 4.79 Å². The molecule has 2 N–H and O–H groups in total. The van der Waals surface area contributed by atoms with Crippen LogP contribution < -0.4 is 10.1 Å². The van der Waals surface area contributed by atoms with Crippen molar-refractivity contribution in [2.45, 2.75) is 13.0 Å². The van der Waals surface area contributed by atoms with Crippen molar-refractivity contribution in [2.24, 2.45) is 5.92 Å². The number of carboxylic acids is 1. The van der Waals surface area contributed by atoms with Crippen LogP contribution in [-0.4, -0.2) is 55.4 Å². The first-order valence-corrected chi connectivity index (χ1v) is 7.56. The van der Waals surface area contributed by atoms with Gasteiger partial charge < -0.3 is 24.8 Å². The lowest BCUT2D eigenvalue weighted by Crippen LogP contribution is -2.40. The molecule has 1 aromatic rings. The lowest BCUT2D eigenvalue weighted by Gasteiger charge is -2.16. The molecule has 0 spiro atoms. The maximum Gasteiger partial charge on any atom is 0.317 e. The molecule has 7 heteroatoms. The highest BCUT2D eigenvalue weighted by molar-refractivity contribution is 5.77. The molecular weight excluding hydrogens is 300 g/mol. The summed E-state index contributed by atoms with van der Waals surface area (Å²) >= 11 is 0. The predicted octanol–water partition coefficient (Wildman–Crippen LogP) is 1.33. The zero-order chi connectivity index (χ0) is 16.7. The van der Waals surface area contributed by atoms with Crippen LogP contribution in [0.15, 0.2) is 24.3 Å². The zero-order valence-electron chi connectivity index (χ0n) is 13.2. The van der Waals surface area contributed by atoms with Crippen molar-refractivity contribution in [1.82, 2.24) is 10.2 Å². The van der Waals surface area contributed by atoms with Gasteiger partial charge in [0.1, 0.15) is 5.75 Å². The van der Waals surface area contributed by atoms with Crippen molar-refractivity contribution in [2.75, 3.05) is 33.4 Å². The average Bonchev–Trinajstić information content (AvgIpc) is 3.05. The minimum Gasteiger partial charge on any atom is -0.497 e. The summed E-state index contributed by atoms with van der Waals surface area (Å²) in [5.74, 6) is -0.499. The molecule has 1 heterocycles. The van der Waals surface area contributed by atoms with E-state index in [4.69, 9.17) is 14.6 Å². The molecule has 2 rings (SSSR count). The summed E-state index contributed by atoms with van der Waals surface area (Å²) in [5.41, 5.74) is 1.03. The van der Waals surface area contributed by atoms with Crippen LogP contribution >= 0.6 is 0 Å². The van der Waals surface area contributed by atoms with E-state index in [9.17, 15) is 9.59 Å². The van der Waals surface area contributed by atoms with Crippen molar-refractivity contribution in [1.29, 1.82) is 0 Å². The van der Waals surface area contributed by atoms with E-state index in [1.807, 2.05) is 24.3 Å². The Labute approximate surface area is 135 Å². The summed E-state index contributed by atoms with van der Waals surface area (Å²) in [4.78, 5) is 24.3. The van der Waals surface area contributed by atoms with Crippen LogP contribution in [0.1, 0.15) is 12.0 Å². The molecule has 7 nitrogen and oxygen atoms in total. The summed E-state index contributed by atoms with van der Waals surface area (Å²) in [6, 6.07) is 7.35. The number of carbonyl (C=O) groups is 2. The van der Waals surface area contributed by atoms with Crippen molar-refractivity contribution in [3.05, 3.63) is 29.8 Å². The summed E-state index contributed by atoms with van der Waals surface area (Å²) in [6.07, 6.45) is 0.511. The molecule has 0 aliphatic carbocycles. The molecule has 1 saturated heterocycles. The highest BCUT2D eigenvalue weighted by Crippen LogP contribution is 2.16. The molecule has 126 valence electrons. The summed E-state index contributed by atoms with van der Waals surface area (Å²) in [5, 5.41) is 11.7. The number of rotatable bonds is 7. The Hall–Kier alpha value is -2.28. The van der Waals surface area contributed by atoms with E-state index < -0.39 is 11.9 Å². The van der Waals surface area contributed by atoms with Gasteiger partial charge in [-0.1, -0.05) is 12.1 Å². The second kappa shape index (κ2) is 8.38. The van der Waals surface area contributed by atoms with Gasteiger partial charge in [0.25, 0.3) is 0 Å². The third-order valence-corrected chi connectivity index (χ3v) is 3.78. The number of nitrogens with one attached hydrogen (secondary N) is 1. The fourth-order valence-electron chi connectivity index (χ4n) is 2.40. The number of likely N-dealkylation sites (tertiary alicyclic amines) is 1. The van der Waals surface area contributed by atoms with Crippen molar-refractivity contribution < 1.29 is 24.2 Å². The van der Waals surface area contributed by atoms with E-state index in [-0.39, 0.29) is 12.6 Å². The molecule has 1 atom stereocenters. The van der Waals surface area contributed by atoms with Crippen LogP contribution in [0.4, 0.5) is 4.79 Å². The Morgan fingerprint density at radius 1 is 1.35 bits per heavy atom. The van der Waals surface area contributed by atoms with E-state index in [0.29, 0.717) is 32.7 Å². The number of aliphatic carboxylic acids is 1. The van der Waals surface area contributed by atoms with Gasteiger partial charge in [-0.2, -0.15) is 0 Å². The van der Waals surface area contributed by atoms with Gasteiger partial charge in [-0.25, -0.2) is 4.79 Å². The molecule has 0 radical (unpaired) electrons. The molecule has 1 fully saturated rings. The van der Waals surface area contributed by atoms with Gasteiger partial charge in [0, 0.05) is 19.6 Å². The summed E-state index contributed by atoms with van der Waals surface area (Å²) in [7, 11) is 1.62. The molecule has 0 aromatic heterocycles. The van der Waals surface area contributed by atoms with Crippen LogP contribution in [0.25, 0.3) is 0 Å². The first kappa shape index (κ1) is 17.1. The molecule has 1 unspecified atom stereocenters. The fourth-order valence-corrected chi connectivity index (χ4v) is 2.40. The number of carbonyl (C=O) groups excluding carboxylic acids is 1. The van der Waals surface area contributed by atoms with Crippen molar-refractivity contribution >= 4 is 12.0 Å². The molecule has 1 aliphatic rings.